The molecule has 162 valence electrons. The number of nitrogens with one attached hydrogen (secondary N) is 2. The standard InChI is InChI=1S/C24H26FN3O3/c1-3-28(4-2)22(30)11-9-15-20(26-19-6-5-7-21(29)23(15)19)13-17-16-12-14(25)8-10-18(16)27-24(17)31/h8,10,12-13,26H,3-7,9,11H2,1-2H3,(H,27,31). The monoisotopic (exact) mass is 423 g/mol. The van der Waals surface area contributed by atoms with Crippen molar-refractivity contribution in [3.05, 3.63) is 52.1 Å². The van der Waals surface area contributed by atoms with Gasteiger partial charge in [0.25, 0.3) is 5.91 Å². The average Bonchev–Trinajstić information content (AvgIpc) is 3.25. The number of aryl methyl sites for hydroxylation is 1. The quantitative estimate of drug-likeness (QED) is 0.690. The minimum absolute atomic E-state index is 0.0350. The number of amides is 2. The summed E-state index contributed by atoms with van der Waals surface area (Å²) in [5.41, 5.74) is 4.32. The first-order valence-electron chi connectivity index (χ1n) is 10.8. The fraction of sp³-hybridized carbons (Fsp3) is 0.375. The smallest absolute Gasteiger partial charge is 0.256 e. The van der Waals surface area contributed by atoms with Gasteiger partial charge in [0.2, 0.25) is 5.91 Å². The molecule has 2 N–H and O–H groups in total. The summed E-state index contributed by atoms with van der Waals surface area (Å²) in [6, 6.07) is 4.17. The van der Waals surface area contributed by atoms with Gasteiger partial charge in [-0.25, -0.2) is 4.39 Å². The van der Waals surface area contributed by atoms with E-state index in [-0.39, 0.29) is 24.0 Å². The van der Waals surface area contributed by atoms with Crippen molar-refractivity contribution in [2.45, 2.75) is 46.0 Å². The molecule has 1 aliphatic heterocycles. The first kappa shape index (κ1) is 21.0. The Morgan fingerprint density at radius 3 is 2.71 bits per heavy atom. The number of carbonyl (C=O) groups excluding carboxylic acids is 3. The highest BCUT2D eigenvalue weighted by molar-refractivity contribution is 6.35. The molecule has 0 atom stereocenters. The average molecular weight is 423 g/mol. The summed E-state index contributed by atoms with van der Waals surface area (Å²) in [4.78, 5) is 42.9. The van der Waals surface area contributed by atoms with E-state index in [1.54, 1.807) is 11.0 Å². The number of aromatic amines is 1. The Balaban J connectivity index is 1.74. The van der Waals surface area contributed by atoms with Gasteiger partial charge in [0, 0.05) is 54.1 Å². The SMILES string of the molecule is CCN(CC)C(=O)CCc1c(C=C2C(=O)Nc3ccc(F)cc32)[nH]c2c1C(=O)CCC2. The number of nitrogens with zero attached hydrogens (tertiary/aromatic N) is 1. The molecule has 2 heterocycles. The van der Waals surface area contributed by atoms with Gasteiger partial charge in [-0.05, 0) is 62.9 Å². The van der Waals surface area contributed by atoms with Crippen LogP contribution >= 0.6 is 0 Å². The van der Waals surface area contributed by atoms with E-state index in [0.717, 1.165) is 24.1 Å². The Labute approximate surface area is 180 Å². The summed E-state index contributed by atoms with van der Waals surface area (Å²) < 4.78 is 13.8. The summed E-state index contributed by atoms with van der Waals surface area (Å²) in [5, 5.41) is 2.75. The zero-order chi connectivity index (χ0) is 22.1. The van der Waals surface area contributed by atoms with Gasteiger partial charge < -0.3 is 15.2 Å². The topological polar surface area (TPSA) is 82.3 Å². The number of ketones is 1. The van der Waals surface area contributed by atoms with Crippen LogP contribution in [-0.2, 0) is 22.4 Å². The lowest BCUT2D eigenvalue weighted by molar-refractivity contribution is -0.130. The number of benzene rings is 1. The van der Waals surface area contributed by atoms with Gasteiger partial charge in [0.15, 0.2) is 5.78 Å². The molecule has 2 amide bonds. The van der Waals surface area contributed by atoms with Crippen molar-refractivity contribution in [1.29, 1.82) is 0 Å². The zero-order valence-electron chi connectivity index (χ0n) is 17.8. The molecule has 4 rings (SSSR count). The maximum absolute atomic E-state index is 13.8. The number of aromatic nitrogens is 1. The molecule has 1 aromatic heterocycles. The molecule has 0 unspecified atom stereocenters. The molecule has 2 aliphatic rings. The van der Waals surface area contributed by atoms with Crippen LogP contribution in [0.4, 0.5) is 10.1 Å². The molecule has 1 aromatic carbocycles. The molecule has 0 radical (unpaired) electrons. The highest BCUT2D eigenvalue weighted by Crippen LogP contribution is 2.36. The van der Waals surface area contributed by atoms with E-state index in [1.807, 2.05) is 13.8 Å². The number of halogens is 1. The maximum Gasteiger partial charge on any atom is 0.256 e. The van der Waals surface area contributed by atoms with Crippen LogP contribution in [-0.4, -0.2) is 40.6 Å². The second kappa shape index (κ2) is 8.49. The number of H-pyrrole nitrogens is 1. The Hall–Kier alpha value is -3.22. The van der Waals surface area contributed by atoms with Crippen molar-refractivity contribution in [2.75, 3.05) is 18.4 Å². The van der Waals surface area contributed by atoms with Crippen molar-refractivity contribution >= 4 is 34.9 Å². The van der Waals surface area contributed by atoms with E-state index in [1.165, 1.54) is 18.2 Å². The van der Waals surface area contributed by atoms with Crippen molar-refractivity contribution in [2.24, 2.45) is 0 Å². The largest absolute Gasteiger partial charge is 0.358 e. The van der Waals surface area contributed by atoms with Crippen LogP contribution in [0.25, 0.3) is 11.6 Å². The molecule has 2 aromatic rings. The van der Waals surface area contributed by atoms with E-state index < -0.39 is 5.82 Å². The molecule has 7 heteroatoms. The second-order valence-electron chi connectivity index (χ2n) is 7.92. The second-order valence-corrected chi connectivity index (χ2v) is 7.92. The summed E-state index contributed by atoms with van der Waals surface area (Å²) in [6.45, 7) is 5.15. The lowest BCUT2D eigenvalue weighted by atomic mass is 9.91. The van der Waals surface area contributed by atoms with Gasteiger partial charge in [-0.1, -0.05) is 0 Å². The minimum atomic E-state index is -0.424. The molecular weight excluding hydrogens is 397 g/mol. The number of Topliss-reactive ketones (excluding diaryl/α,β-unsaturated/α-hetero) is 1. The summed E-state index contributed by atoms with van der Waals surface area (Å²) in [6.07, 6.45) is 4.37. The molecule has 6 nitrogen and oxygen atoms in total. The van der Waals surface area contributed by atoms with E-state index >= 15 is 0 Å². The van der Waals surface area contributed by atoms with Crippen LogP contribution in [0.5, 0.6) is 0 Å². The Morgan fingerprint density at radius 2 is 1.97 bits per heavy atom. The van der Waals surface area contributed by atoms with Crippen molar-refractivity contribution < 1.29 is 18.8 Å². The van der Waals surface area contributed by atoms with Crippen LogP contribution in [0, 0.1) is 5.82 Å². The van der Waals surface area contributed by atoms with E-state index in [4.69, 9.17) is 0 Å². The van der Waals surface area contributed by atoms with E-state index in [0.29, 0.717) is 54.0 Å². The summed E-state index contributed by atoms with van der Waals surface area (Å²) >= 11 is 0. The number of fused-ring (bicyclic) bond motifs is 2. The lowest BCUT2D eigenvalue weighted by Gasteiger charge is -2.19. The highest BCUT2D eigenvalue weighted by atomic mass is 19.1. The van der Waals surface area contributed by atoms with Gasteiger partial charge in [-0.2, -0.15) is 0 Å². The molecule has 0 saturated carbocycles. The van der Waals surface area contributed by atoms with E-state index in [2.05, 4.69) is 10.3 Å². The lowest BCUT2D eigenvalue weighted by Crippen LogP contribution is -2.30. The predicted molar refractivity (Wildman–Crippen MR) is 117 cm³/mol. The van der Waals surface area contributed by atoms with Crippen LogP contribution in [0.2, 0.25) is 0 Å². The first-order valence-corrected chi connectivity index (χ1v) is 10.8. The molecule has 31 heavy (non-hydrogen) atoms. The summed E-state index contributed by atoms with van der Waals surface area (Å²) in [7, 11) is 0. The highest BCUT2D eigenvalue weighted by Gasteiger charge is 2.29. The van der Waals surface area contributed by atoms with Gasteiger partial charge in [0.05, 0.1) is 5.57 Å². The fourth-order valence-corrected chi connectivity index (χ4v) is 4.49. The van der Waals surface area contributed by atoms with E-state index in [9.17, 15) is 18.8 Å². The predicted octanol–water partition coefficient (Wildman–Crippen LogP) is 3.97. The molecule has 1 aliphatic carbocycles. The molecule has 0 saturated heterocycles. The number of carbonyl (C=O) groups is 3. The number of hydrogen-bond acceptors (Lipinski definition) is 3. The molecular formula is C24H26FN3O3. The summed E-state index contributed by atoms with van der Waals surface area (Å²) in [5.74, 6) is -0.639. The first-order chi connectivity index (χ1) is 14.9. The maximum atomic E-state index is 13.8. The van der Waals surface area contributed by atoms with Gasteiger partial charge >= 0.3 is 0 Å². The zero-order valence-corrected chi connectivity index (χ0v) is 17.8. The van der Waals surface area contributed by atoms with Gasteiger partial charge in [-0.15, -0.1) is 0 Å². The number of anilines is 1. The number of hydrogen-bond donors (Lipinski definition) is 2. The minimum Gasteiger partial charge on any atom is -0.358 e. The van der Waals surface area contributed by atoms with Crippen molar-refractivity contribution in [3.63, 3.8) is 0 Å². The molecule has 0 spiro atoms. The van der Waals surface area contributed by atoms with Gasteiger partial charge in [0.1, 0.15) is 5.82 Å². The fourth-order valence-electron chi connectivity index (χ4n) is 4.49. The number of rotatable bonds is 6. The third-order valence-corrected chi connectivity index (χ3v) is 6.08. The van der Waals surface area contributed by atoms with Crippen LogP contribution < -0.4 is 5.32 Å². The van der Waals surface area contributed by atoms with Crippen LogP contribution in [0.1, 0.15) is 66.0 Å². The van der Waals surface area contributed by atoms with Crippen LogP contribution in [0.15, 0.2) is 18.2 Å². The Bertz CT molecular complexity index is 1100. The Kier molecular flexibility index (Phi) is 5.76. The van der Waals surface area contributed by atoms with Crippen molar-refractivity contribution in [1.82, 2.24) is 9.88 Å². The third-order valence-electron chi connectivity index (χ3n) is 6.08. The van der Waals surface area contributed by atoms with Crippen LogP contribution in [0.3, 0.4) is 0 Å². The molecule has 0 bridgehead atoms. The van der Waals surface area contributed by atoms with Crippen molar-refractivity contribution in [3.8, 4) is 0 Å². The normalized spacial score (nSPS) is 16.3. The third kappa shape index (κ3) is 3.92. The van der Waals surface area contributed by atoms with Gasteiger partial charge in [-0.3, -0.25) is 14.4 Å². The molecule has 0 fully saturated rings. The Morgan fingerprint density at radius 1 is 1.19 bits per heavy atom.